The zero-order valence-electron chi connectivity index (χ0n) is 18.3. The maximum Gasteiger partial charge on any atom is 0.230 e. The summed E-state index contributed by atoms with van der Waals surface area (Å²) in [5, 5.41) is 12.6. The van der Waals surface area contributed by atoms with Gasteiger partial charge in [0, 0.05) is 17.2 Å². The van der Waals surface area contributed by atoms with Crippen molar-refractivity contribution < 1.29 is 4.79 Å². The quantitative estimate of drug-likeness (QED) is 0.505. The molecule has 2 fully saturated rings. The van der Waals surface area contributed by atoms with Crippen molar-refractivity contribution in [3.63, 3.8) is 0 Å². The average molecular weight is 445 g/mol. The van der Waals surface area contributed by atoms with Crippen LogP contribution in [0.2, 0.25) is 0 Å². The topological polar surface area (TPSA) is 67.8 Å². The van der Waals surface area contributed by atoms with E-state index in [1.54, 1.807) is 0 Å². The molecule has 3 aromatic rings. The maximum atomic E-state index is 12.6. The molecule has 1 heterocycles. The van der Waals surface area contributed by atoms with Crippen molar-refractivity contribution >= 4 is 17.7 Å². The van der Waals surface area contributed by atoms with E-state index in [4.69, 9.17) is 4.98 Å². The van der Waals surface area contributed by atoms with Gasteiger partial charge in [0.25, 0.3) is 0 Å². The molecule has 2 aromatic carbocycles. The van der Waals surface area contributed by atoms with E-state index in [-0.39, 0.29) is 11.9 Å². The largest absolute Gasteiger partial charge is 0.353 e. The van der Waals surface area contributed by atoms with Crippen molar-refractivity contribution in [2.45, 2.75) is 43.8 Å². The molecule has 164 valence electrons. The molecule has 0 unspecified atom stereocenters. The van der Waals surface area contributed by atoms with Gasteiger partial charge in [0.05, 0.1) is 5.75 Å². The van der Waals surface area contributed by atoms with Gasteiger partial charge in [0.2, 0.25) is 11.1 Å². The van der Waals surface area contributed by atoms with E-state index >= 15 is 0 Å². The standard InChI is InChI=1S/C26H28N4OS/c1-17(22-15-18-12-13-21(22)14-18)27-23(31)16-32-26-28-24(19-8-4-2-5-9-19)25(29-30-26)20-10-6-3-7-11-20/h2-11,17-18,21-22H,12-16H2,1H3,(H,27,31)/t17-,18+,21+,22+/m0/s1. The van der Waals surface area contributed by atoms with Crippen molar-refractivity contribution in [3.05, 3.63) is 60.7 Å². The van der Waals surface area contributed by atoms with E-state index in [1.165, 1.54) is 37.4 Å². The molecule has 2 saturated carbocycles. The van der Waals surface area contributed by atoms with Crippen molar-refractivity contribution in [3.8, 4) is 22.5 Å². The van der Waals surface area contributed by atoms with Crippen LogP contribution in [0.4, 0.5) is 0 Å². The Labute approximate surface area is 193 Å². The van der Waals surface area contributed by atoms with E-state index in [0.717, 1.165) is 34.4 Å². The fraction of sp³-hybridized carbons (Fsp3) is 0.385. The molecule has 0 radical (unpaired) electrons. The molecule has 2 aliphatic carbocycles. The molecule has 0 saturated heterocycles. The van der Waals surface area contributed by atoms with Gasteiger partial charge in [0.1, 0.15) is 11.4 Å². The van der Waals surface area contributed by atoms with Crippen molar-refractivity contribution in [1.82, 2.24) is 20.5 Å². The van der Waals surface area contributed by atoms with Crippen molar-refractivity contribution in [2.75, 3.05) is 5.75 Å². The molecular formula is C26H28N4OS. The van der Waals surface area contributed by atoms with Crippen LogP contribution in [0.5, 0.6) is 0 Å². The summed E-state index contributed by atoms with van der Waals surface area (Å²) in [7, 11) is 0. The highest BCUT2D eigenvalue weighted by Crippen LogP contribution is 2.49. The van der Waals surface area contributed by atoms with Gasteiger partial charge < -0.3 is 5.32 Å². The van der Waals surface area contributed by atoms with Crippen LogP contribution in [0.15, 0.2) is 65.8 Å². The molecule has 1 aromatic heterocycles. The monoisotopic (exact) mass is 444 g/mol. The van der Waals surface area contributed by atoms with Gasteiger partial charge in [-0.15, -0.1) is 10.2 Å². The van der Waals surface area contributed by atoms with Gasteiger partial charge in [-0.2, -0.15) is 0 Å². The first-order chi connectivity index (χ1) is 15.7. The molecule has 1 N–H and O–H groups in total. The highest BCUT2D eigenvalue weighted by molar-refractivity contribution is 7.99. The third-order valence-electron chi connectivity index (χ3n) is 6.92. The van der Waals surface area contributed by atoms with Gasteiger partial charge in [-0.05, 0) is 43.9 Å². The average Bonchev–Trinajstić information content (AvgIpc) is 3.48. The van der Waals surface area contributed by atoms with E-state index in [0.29, 0.717) is 16.8 Å². The number of hydrogen-bond acceptors (Lipinski definition) is 5. The summed E-state index contributed by atoms with van der Waals surface area (Å²) in [6.07, 6.45) is 5.34. The first-order valence-electron chi connectivity index (χ1n) is 11.4. The highest BCUT2D eigenvalue weighted by atomic mass is 32.2. The number of amides is 1. The summed E-state index contributed by atoms with van der Waals surface area (Å²) in [5.74, 6) is 2.66. The van der Waals surface area contributed by atoms with E-state index < -0.39 is 0 Å². The first kappa shape index (κ1) is 21.1. The number of nitrogens with one attached hydrogen (secondary N) is 1. The molecule has 5 nitrogen and oxygen atoms in total. The number of fused-ring (bicyclic) bond motifs is 2. The van der Waals surface area contributed by atoms with E-state index in [1.807, 2.05) is 60.7 Å². The molecule has 5 rings (SSSR count). The van der Waals surface area contributed by atoms with Crippen LogP contribution in [0, 0.1) is 17.8 Å². The molecule has 1 amide bonds. The number of nitrogens with zero attached hydrogens (tertiary/aromatic N) is 3. The maximum absolute atomic E-state index is 12.6. The lowest BCUT2D eigenvalue weighted by Gasteiger charge is -2.28. The molecule has 2 bridgehead atoms. The Bertz CT molecular complexity index is 1080. The molecule has 32 heavy (non-hydrogen) atoms. The fourth-order valence-electron chi connectivity index (χ4n) is 5.40. The van der Waals surface area contributed by atoms with Crippen LogP contribution in [0.3, 0.4) is 0 Å². The number of rotatable bonds is 7. The van der Waals surface area contributed by atoms with Crippen LogP contribution in [-0.4, -0.2) is 32.9 Å². The third-order valence-corrected chi connectivity index (χ3v) is 7.76. The van der Waals surface area contributed by atoms with Crippen molar-refractivity contribution in [1.29, 1.82) is 0 Å². The molecular weight excluding hydrogens is 416 g/mol. The Kier molecular flexibility index (Phi) is 6.21. The Balaban J connectivity index is 1.28. The lowest BCUT2D eigenvalue weighted by molar-refractivity contribution is -0.119. The van der Waals surface area contributed by atoms with Crippen LogP contribution >= 0.6 is 11.8 Å². The van der Waals surface area contributed by atoms with Gasteiger partial charge in [-0.25, -0.2) is 4.98 Å². The van der Waals surface area contributed by atoms with Crippen LogP contribution in [0.1, 0.15) is 32.6 Å². The van der Waals surface area contributed by atoms with Gasteiger partial charge in [0.15, 0.2) is 0 Å². The minimum Gasteiger partial charge on any atom is -0.353 e. The summed E-state index contributed by atoms with van der Waals surface area (Å²) >= 11 is 1.34. The minimum absolute atomic E-state index is 0.0438. The summed E-state index contributed by atoms with van der Waals surface area (Å²) < 4.78 is 0. The summed E-state index contributed by atoms with van der Waals surface area (Å²) in [6.45, 7) is 2.16. The zero-order chi connectivity index (χ0) is 21.9. The molecule has 4 atom stereocenters. The van der Waals surface area contributed by atoms with E-state index in [2.05, 4.69) is 22.4 Å². The molecule has 2 aliphatic rings. The fourth-order valence-corrected chi connectivity index (χ4v) is 6.00. The van der Waals surface area contributed by atoms with Gasteiger partial charge in [-0.3, -0.25) is 4.79 Å². The SMILES string of the molecule is C[C@H](NC(=O)CSc1nnc(-c2ccccc2)c(-c2ccccc2)n1)[C@H]1C[C@@H]2CC[C@@H]1C2. The molecule has 6 heteroatoms. The lowest BCUT2D eigenvalue weighted by atomic mass is 9.84. The summed E-state index contributed by atoms with van der Waals surface area (Å²) in [5.41, 5.74) is 3.48. The molecule has 0 spiro atoms. The number of aromatic nitrogens is 3. The van der Waals surface area contributed by atoms with Crippen LogP contribution in [-0.2, 0) is 4.79 Å². The Hall–Kier alpha value is -2.73. The minimum atomic E-state index is 0.0438. The van der Waals surface area contributed by atoms with Crippen LogP contribution < -0.4 is 5.32 Å². The molecule has 0 aliphatic heterocycles. The highest BCUT2D eigenvalue weighted by Gasteiger charge is 2.42. The first-order valence-corrected chi connectivity index (χ1v) is 12.4. The predicted octanol–water partition coefficient (Wildman–Crippen LogP) is 5.24. The number of carbonyl (C=O) groups is 1. The second kappa shape index (κ2) is 9.41. The smallest absolute Gasteiger partial charge is 0.230 e. The second-order valence-electron chi connectivity index (χ2n) is 9.01. The number of thioether (sulfide) groups is 1. The summed E-state index contributed by atoms with van der Waals surface area (Å²) in [4.78, 5) is 17.4. The normalized spacial score (nSPS) is 22.6. The number of benzene rings is 2. The summed E-state index contributed by atoms with van der Waals surface area (Å²) in [6, 6.07) is 20.2. The Morgan fingerprint density at radius 3 is 2.28 bits per heavy atom. The van der Waals surface area contributed by atoms with Crippen molar-refractivity contribution in [2.24, 2.45) is 17.8 Å². The zero-order valence-corrected chi connectivity index (χ0v) is 19.1. The Morgan fingerprint density at radius 1 is 0.969 bits per heavy atom. The number of hydrogen-bond donors (Lipinski definition) is 1. The number of carbonyl (C=O) groups excluding carboxylic acids is 1. The second-order valence-corrected chi connectivity index (χ2v) is 9.95. The van der Waals surface area contributed by atoms with Crippen LogP contribution in [0.25, 0.3) is 22.5 Å². The third kappa shape index (κ3) is 4.56. The lowest BCUT2D eigenvalue weighted by Crippen LogP contribution is -2.40. The van der Waals surface area contributed by atoms with E-state index in [9.17, 15) is 4.79 Å². The predicted molar refractivity (Wildman–Crippen MR) is 128 cm³/mol. The van der Waals surface area contributed by atoms with Gasteiger partial charge in [-0.1, -0.05) is 78.8 Å². The van der Waals surface area contributed by atoms with Gasteiger partial charge >= 0.3 is 0 Å². The Morgan fingerprint density at radius 2 is 1.66 bits per heavy atom.